The molecule has 31 heavy (non-hydrogen) atoms. The maximum Gasteiger partial charge on any atom is 0.310 e. The Kier molecular flexibility index (Phi) is 7.04. The maximum atomic E-state index is 12.3. The van der Waals surface area contributed by atoms with Crippen LogP contribution in [0, 0.1) is 5.92 Å². The molecule has 0 saturated heterocycles. The van der Waals surface area contributed by atoms with E-state index in [4.69, 9.17) is 9.47 Å². The Hall–Kier alpha value is -2.82. The molecule has 0 fully saturated rings. The van der Waals surface area contributed by atoms with E-state index in [1.807, 2.05) is 57.2 Å². The summed E-state index contributed by atoms with van der Waals surface area (Å²) < 4.78 is 11.8. The Balaban J connectivity index is 1.86. The number of anilines is 1. The molecule has 0 N–H and O–H groups in total. The first kappa shape index (κ1) is 22.9. The van der Waals surface area contributed by atoms with Gasteiger partial charge in [-0.25, -0.2) is 0 Å². The van der Waals surface area contributed by atoms with Crippen LogP contribution in [0.15, 0.2) is 48.5 Å². The number of hydrogen-bond acceptors (Lipinski definition) is 5. The quantitative estimate of drug-likeness (QED) is 0.590. The second kappa shape index (κ2) is 9.54. The zero-order chi connectivity index (χ0) is 22.6. The first-order valence-corrected chi connectivity index (χ1v) is 10.9. The van der Waals surface area contributed by atoms with Crippen molar-refractivity contribution in [1.82, 2.24) is 0 Å². The van der Waals surface area contributed by atoms with E-state index in [0.717, 1.165) is 23.5 Å². The van der Waals surface area contributed by atoms with Gasteiger partial charge in [-0.15, -0.1) is 0 Å². The molecule has 5 heteroatoms. The number of hydrogen-bond donors (Lipinski definition) is 0. The normalized spacial score (nSPS) is 16.8. The SMILES string of the molecule is CC(=O)C[C@H](C)C1CN(Cc2ccccc2)c2cc(CC(=O)OC(C)(C)C)ccc2O1. The summed E-state index contributed by atoms with van der Waals surface area (Å²) in [6, 6.07) is 16.2. The summed E-state index contributed by atoms with van der Waals surface area (Å²) in [6.07, 6.45) is 0.640. The molecule has 0 bridgehead atoms. The van der Waals surface area contributed by atoms with Gasteiger partial charge in [0.1, 0.15) is 23.2 Å². The highest BCUT2D eigenvalue weighted by Gasteiger charge is 2.30. The molecule has 1 unspecified atom stereocenters. The number of carbonyl (C=O) groups excluding carboxylic acids is 2. The van der Waals surface area contributed by atoms with Crippen LogP contribution in [-0.2, 0) is 27.3 Å². The molecule has 5 nitrogen and oxygen atoms in total. The maximum absolute atomic E-state index is 12.3. The Labute approximate surface area is 185 Å². The molecule has 2 aromatic carbocycles. The smallest absolute Gasteiger partial charge is 0.310 e. The lowest BCUT2D eigenvalue weighted by Crippen LogP contribution is -2.43. The third kappa shape index (κ3) is 6.58. The number of ether oxygens (including phenoxy) is 2. The average molecular weight is 424 g/mol. The summed E-state index contributed by atoms with van der Waals surface area (Å²) in [4.78, 5) is 26.2. The zero-order valence-corrected chi connectivity index (χ0v) is 19.2. The highest BCUT2D eigenvalue weighted by Crippen LogP contribution is 2.37. The summed E-state index contributed by atoms with van der Waals surface area (Å²) in [6.45, 7) is 10.7. The van der Waals surface area contributed by atoms with Gasteiger partial charge in [0.15, 0.2) is 0 Å². The Morgan fingerprint density at radius 2 is 1.84 bits per heavy atom. The van der Waals surface area contributed by atoms with E-state index in [1.165, 1.54) is 5.56 Å². The Morgan fingerprint density at radius 1 is 1.13 bits per heavy atom. The van der Waals surface area contributed by atoms with Gasteiger partial charge in [-0.05, 0) is 51.0 Å². The average Bonchev–Trinajstić information content (AvgIpc) is 2.67. The second-order valence-corrected chi connectivity index (χ2v) is 9.47. The largest absolute Gasteiger partial charge is 0.486 e. The van der Waals surface area contributed by atoms with Crippen LogP contribution in [0.1, 0.15) is 52.2 Å². The molecule has 2 atom stereocenters. The molecule has 1 aliphatic heterocycles. The lowest BCUT2D eigenvalue weighted by Gasteiger charge is -2.39. The zero-order valence-electron chi connectivity index (χ0n) is 19.2. The monoisotopic (exact) mass is 423 g/mol. The first-order chi connectivity index (χ1) is 14.6. The van der Waals surface area contributed by atoms with Crippen molar-refractivity contribution in [2.24, 2.45) is 5.92 Å². The summed E-state index contributed by atoms with van der Waals surface area (Å²) >= 11 is 0. The fraction of sp³-hybridized carbons (Fsp3) is 0.462. The van der Waals surface area contributed by atoms with Crippen molar-refractivity contribution in [3.05, 3.63) is 59.7 Å². The molecular weight excluding hydrogens is 390 g/mol. The minimum atomic E-state index is -0.506. The van der Waals surface area contributed by atoms with Crippen molar-refractivity contribution in [1.29, 1.82) is 0 Å². The van der Waals surface area contributed by atoms with E-state index in [0.29, 0.717) is 13.0 Å². The van der Waals surface area contributed by atoms with Crippen molar-refractivity contribution >= 4 is 17.4 Å². The van der Waals surface area contributed by atoms with Crippen LogP contribution >= 0.6 is 0 Å². The predicted molar refractivity (Wildman–Crippen MR) is 122 cm³/mol. The topological polar surface area (TPSA) is 55.8 Å². The molecule has 1 heterocycles. The summed E-state index contributed by atoms with van der Waals surface area (Å²) in [5, 5.41) is 0. The molecule has 166 valence electrons. The van der Waals surface area contributed by atoms with Crippen LogP contribution in [0.2, 0.25) is 0 Å². The van der Waals surface area contributed by atoms with E-state index >= 15 is 0 Å². The van der Waals surface area contributed by atoms with Gasteiger partial charge < -0.3 is 19.2 Å². The highest BCUT2D eigenvalue weighted by molar-refractivity contribution is 5.76. The van der Waals surface area contributed by atoms with Crippen LogP contribution < -0.4 is 9.64 Å². The first-order valence-electron chi connectivity index (χ1n) is 10.9. The van der Waals surface area contributed by atoms with Gasteiger partial charge in [-0.2, -0.15) is 0 Å². The number of fused-ring (bicyclic) bond motifs is 1. The lowest BCUT2D eigenvalue weighted by atomic mass is 9.96. The van der Waals surface area contributed by atoms with Gasteiger partial charge in [-0.1, -0.05) is 43.3 Å². The van der Waals surface area contributed by atoms with E-state index in [9.17, 15) is 9.59 Å². The Bertz CT molecular complexity index is 917. The minimum Gasteiger partial charge on any atom is -0.486 e. The molecule has 0 amide bonds. The summed E-state index contributed by atoms with van der Waals surface area (Å²) in [5.41, 5.74) is 2.56. The van der Waals surface area contributed by atoms with Crippen molar-refractivity contribution < 1.29 is 19.1 Å². The Morgan fingerprint density at radius 3 is 2.48 bits per heavy atom. The third-order valence-electron chi connectivity index (χ3n) is 5.27. The molecule has 0 radical (unpaired) electrons. The van der Waals surface area contributed by atoms with Crippen LogP contribution in [0.5, 0.6) is 5.75 Å². The molecule has 2 aromatic rings. The van der Waals surface area contributed by atoms with Crippen LogP contribution in [0.4, 0.5) is 5.69 Å². The highest BCUT2D eigenvalue weighted by atomic mass is 16.6. The molecule has 3 rings (SSSR count). The van der Waals surface area contributed by atoms with Gasteiger partial charge in [-0.3, -0.25) is 4.79 Å². The molecule has 1 aliphatic rings. The van der Waals surface area contributed by atoms with Gasteiger partial charge >= 0.3 is 5.97 Å². The van der Waals surface area contributed by atoms with Gasteiger partial charge in [0.2, 0.25) is 0 Å². The van der Waals surface area contributed by atoms with Crippen LogP contribution in [-0.4, -0.2) is 30.0 Å². The van der Waals surface area contributed by atoms with Crippen molar-refractivity contribution in [2.75, 3.05) is 11.4 Å². The van der Waals surface area contributed by atoms with E-state index < -0.39 is 5.60 Å². The van der Waals surface area contributed by atoms with Gasteiger partial charge in [0.25, 0.3) is 0 Å². The molecule has 0 aliphatic carbocycles. The van der Waals surface area contributed by atoms with Gasteiger partial charge in [0, 0.05) is 18.9 Å². The second-order valence-electron chi connectivity index (χ2n) is 9.47. The molecule has 0 saturated carbocycles. The standard InChI is InChI=1S/C26H33NO4/c1-18(13-19(2)28)24-17-27(16-20-9-7-6-8-10-20)22-14-21(11-12-23(22)30-24)15-25(29)31-26(3,4)5/h6-12,14,18,24H,13,15-17H2,1-5H3/t18-,24?/m0/s1. The fourth-order valence-corrected chi connectivity index (χ4v) is 3.91. The fourth-order valence-electron chi connectivity index (χ4n) is 3.91. The van der Waals surface area contributed by atoms with Crippen molar-refractivity contribution in [3.8, 4) is 5.75 Å². The van der Waals surface area contributed by atoms with Crippen LogP contribution in [0.3, 0.4) is 0 Å². The molecular formula is C26H33NO4. The summed E-state index contributed by atoms with van der Waals surface area (Å²) in [7, 11) is 0. The van der Waals surface area contributed by atoms with E-state index in [-0.39, 0.29) is 30.2 Å². The third-order valence-corrected chi connectivity index (χ3v) is 5.27. The predicted octanol–water partition coefficient (Wildman–Crippen LogP) is 4.95. The van der Waals surface area contributed by atoms with Crippen molar-refractivity contribution in [2.45, 2.75) is 65.7 Å². The minimum absolute atomic E-state index is 0.0724. The number of esters is 1. The number of carbonyl (C=O) groups is 2. The molecule has 0 aromatic heterocycles. The van der Waals surface area contributed by atoms with Gasteiger partial charge in [0.05, 0.1) is 18.7 Å². The summed E-state index contributed by atoms with van der Waals surface area (Å²) in [5.74, 6) is 0.830. The number of rotatable bonds is 7. The van der Waals surface area contributed by atoms with E-state index in [1.54, 1.807) is 6.92 Å². The number of ketones is 1. The van der Waals surface area contributed by atoms with Crippen molar-refractivity contribution in [3.63, 3.8) is 0 Å². The van der Waals surface area contributed by atoms with E-state index in [2.05, 4.69) is 24.0 Å². The number of nitrogens with zero attached hydrogens (tertiary/aromatic N) is 1. The van der Waals surface area contributed by atoms with Crippen LogP contribution in [0.25, 0.3) is 0 Å². The number of benzene rings is 2. The number of Topliss-reactive ketones (excluding diaryl/α,β-unsaturated/α-hetero) is 1. The molecule has 0 spiro atoms. The lowest BCUT2D eigenvalue weighted by molar-refractivity contribution is -0.153.